The van der Waals surface area contributed by atoms with Crippen LogP contribution in [0.5, 0.6) is 0 Å². The first kappa shape index (κ1) is 16.6. The minimum Gasteiger partial charge on any atom is -0.478 e. The van der Waals surface area contributed by atoms with Crippen LogP contribution in [0.1, 0.15) is 20.8 Å². The number of urea groups is 1. The van der Waals surface area contributed by atoms with Gasteiger partial charge < -0.3 is 10.4 Å². The molecule has 0 bridgehead atoms. The molecule has 0 saturated carbocycles. The summed E-state index contributed by atoms with van der Waals surface area (Å²) >= 11 is 12.9. The van der Waals surface area contributed by atoms with E-state index < -0.39 is 12.0 Å². The average molecular weight is 359 g/mol. The Balaban J connectivity index is 2.17. The van der Waals surface area contributed by atoms with Crippen molar-refractivity contribution in [1.29, 1.82) is 0 Å². The number of nitrogens with one attached hydrogen (secondary N) is 2. The molecule has 1 heterocycles. The molecule has 2 aromatic rings. The molecule has 116 valence electrons. The van der Waals surface area contributed by atoms with Crippen LogP contribution in [0.3, 0.4) is 0 Å². The van der Waals surface area contributed by atoms with Gasteiger partial charge in [0.05, 0.1) is 15.6 Å². The Morgan fingerprint density at radius 3 is 2.41 bits per heavy atom. The van der Waals surface area contributed by atoms with Gasteiger partial charge in [-0.25, -0.2) is 9.59 Å². The van der Waals surface area contributed by atoms with E-state index >= 15 is 0 Å². The molecule has 22 heavy (non-hydrogen) atoms. The van der Waals surface area contributed by atoms with Crippen molar-refractivity contribution in [2.75, 3.05) is 10.6 Å². The van der Waals surface area contributed by atoms with Gasteiger partial charge in [-0.1, -0.05) is 23.2 Å². The Hall–Kier alpha value is -1.76. The lowest BCUT2D eigenvalue weighted by Crippen LogP contribution is -2.20. The zero-order chi connectivity index (χ0) is 16.4. The van der Waals surface area contributed by atoms with Gasteiger partial charge in [-0.3, -0.25) is 5.32 Å². The van der Waals surface area contributed by atoms with E-state index in [1.165, 1.54) is 17.4 Å². The number of hydrogen-bond acceptors (Lipinski definition) is 3. The first-order chi connectivity index (χ1) is 10.3. The summed E-state index contributed by atoms with van der Waals surface area (Å²) in [7, 11) is 0. The maximum Gasteiger partial charge on any atom is 0.338 e. The van der Waals surface area contributed by atoms with Gasteiger partial charge in [0.15, 0.2) is 0 Å². The minimum atomic E-state index is -1.08. The van der Waals surface area contributed by atoms with Crippen molar-refractivity contribution in [3.8, 4) is 0 Å². The number of aryl methyl sites for hydroxylation is 1. The van der Waals surface area contributed by atoms with Gasteiger partial charge in [0.2, 0.25) is 0 Å². The molecule has 2 rings (SSSR count). The second-order valence-corrected chi connectivity index (χ2v) is 6.54. The van der Waals surface area contributed by atoms with Crippen LogP contribution in [-0.4, -0.2) is 17.1 Å². The van der Waals surface area contributed by atoms with Crippen LogP contribution >= 0.6 is 34.5 Å². The molecule has 0 aliphatic heterocycles. The predicted molar refractivity (Wildman–Crippen MR) is 89.9 cm³/mol. The summed E-state index contributed by atoms with van der Waals surface area (Å²) in [5, 5.41) is 15.3. The molecule has 0 saturated heterocycles. The number of carboxylic acid groups (broad SMARTS) is 1. The van der Waals surface area contributed by atoms with E-state index in [1.54, 1.807) is 26.0 Å². The SMILES string of the molecule is Cc1sc(NC(=O)Nc2ccc(Cl)c(Cl)c2)c(C(=O)O)c1C. The Morgan fingerprint density at radius 2 is 1.82 bits per heavy atom. The van der Waals surface area contributed by atoms with Crippen LogP contribution in [0.2, 0.25) is 10.0 Å². The molecule has 0 fully saturated rings. The van der Waals surface area contributed by atoms with Crippen LogP contribution in [0.25, 0.3) is 0 Å². The highest BCUT2D eigenvalue weighted by molar-refractivity contribution is 7.16. The minimum absolute atomic E-state index is 0.104. The fourth-order valence-corrected chi connectivity index (χ4v) is 3.16. The van der Waals surface area contributed by atoms with Crippen LogP contribution in [0.15, 0.2) is 18.2 Å². The first-order valence-electron chi connectivity index (χ1n) is 6.16. The summed E-state index contributed by atoms with van der Waals surface area (Å²) in [5.41, 5.74) is 1.20. The lowest BCUT2D eigenvalue weighted by Gasteiger charge is -2.08. The Bertz CT molecular complexity index is 759. The van der Waals surface area contributed by atoms with Crippen molar-refractivity contribution in [1.82, 2.24) is 0 Å². The molecule has 0 radical (unpaired) electrons. The Kier molecular flexibility index (Phi) is 4.95. The molecule has 0 aliphatic rings. The molecule has 0 atom stereocenters. The third-order valence-electron chi connectivity index (χ3n) is 3.00. The fourth-order valence-electron chi connectivity index (χ4n) is 1.81. The summed E-state index contributed by atoms with van der Waals surface area (Å²) in [4.78, 5) is 24.1. The van der Waals surface area contributed by atoms with Crippen molar-refractivity contribution < 1.29 is 14.7 Å². The molecule has 1 aromatic carbocycles. The van der Waals surface area contributed by atoms with Crippen molar-refractivity contribution in [3.63, 3.8) is 0 Å². The van der Waals surface area contributed by atoms with Crippen LogP contribution in [-0.2, 0) is 0 Å². The van der Waals surface area contributed by atoms with Crippen molar-refractivity contribution in [3.05, 3.63) is 44.2 Å². The van der Waals surface area contributed by atoms with E-state index in [1.807, 2.05) is 0 Å². The largest absolute Gasteiger partial charge is 0.478 e. The van der Waals surface area contributed by atoms with Gasteiger partial charge in [0.25, 0.3) is 0 Å². The zero-order valence-electron chi connectivity index (χ0n) is 11.7. The van der Waals surface area contributed by atoms with Crippen molar-refractivity contribution >= 4 is 57.2 Å². The standard InChI is InChI=1S/C14H12Cl2N2O3S/c1-6-7(2)22-12(11(6)13(19)20)18-14(21)17-8-3-4-9(15)10(16)5-8/h3-5H,1-2H3,(H,19,20)(H2,17,18,21). The number of carboxylic acids is 1. The maximum absolute atomic E-state index is 12.0. The van der Waals surface area contributed by atoms with Gasteiger partial charge in [-0.15, -0.1) is 11.3 Å². The van der Waals surface area contributed by atoms with Gasteiger partial charge in [0.1, 0.15) is 5.00 Å². The number of thiophene rings is 1. The molecule has 1 aromatic heterocycles. The van der Waals surface area contributed by atoms with Crippen LogP contribution in [0, 0.1) is 13.8 Å². The topological polar surface area (TPSA) is 78.4 Å². The molecule has 0 aliphatic carbocycles. The van der Waals surface area contributed by atoms with E-state index in [-0.39, 0.29) is 5.56 Å². The molecular formula is C14H12Cl2N2O3S. The number of carbonyl (C=O) groups excluding carboxylic acids is 1. The number of rotatable bonds is 3. The number of carbonyl (C=O) groups is 2. The number of aromatic carboxylic acids is 1. The van der Waals surface area contributed by atoms with E-state index in [4.69, 9.17) is 23.2 Å². The Labute approximate surface area is 140 Å². The second kappa shape index (κ2) is 6.56. The fraction of sp³-hybridized carbons (Fsp3) is 0.143. The van der Waals surface area contributed by atoms with E-state index in [0.29, 0.717) is 26.3 Å². The summed E-state index contributed by atoms with van der Waals surface area (Å²) in [5.74, 6) is -1.08. The van der Waals surface area contributed by atoms with Crippen molar-refractivity contribution in [2.24, 2.45) is 0 Å². The highest BCUT2D eigenvalue weighted by Gasteiger charge is 2.20. The van der Waals surface area contributed by atoms with Crippen molar-refractivity contribution in [2.45, 2.75) is 13.8 Å². The smallest absolute Gasteiger partial charge is 0.338 e. The third kappa shape index (κ3) is 3.52. The second-order valence-electron chi connectivity index (χ2n) is 4.50. The summed E-state index contributed by atoms with van der Waals surface area (Å²) in [6, 6.07) is 4.10. The number of halogens is 2. The van der Waals surface area contributed by atoms with Gasteiger partial charge >= 0.3 is 12.0 Å². The summed E-state index contributed by atoms with van der Waals surface area (Å²) in [6.45, 7) is 3.51. The van der Waals surface area contributed by atoms with E-state index in [0.717, 1.165) is 4.88 Å². The molecule has 0 unspecified atom stereocenters. The first-order valence-corrected chi connectivity index (χ1v) is 7.73. The predicted octanol–water partition coefficient (Wildman–Crippen LogP) is 5.01. The van der Waals surface area contributed by atoms with Gasteiger partial charge in [-0.2, -0.15) is 0 Å². The average Bonchev–Trinajstić information content (AvgIpc) is 2.69. The summed E-state index contributed by atoms with van der Waals surface area (Å²) in [6.07, 6.45) is 0. The van der Waals surface area contributed by atoms with E-state index in [2.05, 4.69) is 10.6 Å². The molecule has 2 amide bonds. The van der Waals surface area contributed by atoms with Crippen LogP contribution in [0.4, 0.5) is 15.5 Å². The number of anilines is 2. The normalized spacial score (nSPS) is 10.4. The number of hydrogen-bond donors (Lipinski definition) is 3. The third-order valence-corrected chi connectivity index (χ3v) is 4.87. The lowest BCUT2D eigenvalue weighted by atomic mass is 10.1. The molecular weight excluding hydrogens is 347 g/mol. The van der Waals surface area contributed by atoms with Gasteiger partial charge in [0, 0.05) is 10.6 Å². The molecule has 8 heteroatoms. The zero-order valence-corrected chi connectivity index (χ0v) is 14.0. The lowest BCUT2D eigenvalue weighted by molar-refractivity contribution is 0.0697. The van der Waals surface area contributed by atoms with Crippen LogP contribution < -0.4 is 10.6 Å². The Morgan fingerprint density at radius 1 is 1.14 bits per heavy atom. The van der Waals surface area contributed by atoms with Gasteiger partial charge in [-0.05, 0) is 37.6 Å². The summed E-state index contributed by atoms with van der Waals surface area (Å²) < 4.78 is 0. The monoisotopic (exact) mass is 358 g/mol. The van der Waals surface area contributed by atoms with E-state index in [9.17, 15) is 14.7 Å². The molecule has 5 nitrogen and oxygen atoms in total. The highest BCUT2D eigenvalue weighted by atomic mass is 35.5. The quantitative estimate of drug-likeness (QED) is 0.720. The number of benzene rings is 1. The highest BCUT2D eigenvalue weighted by Crippen LogP contribution is 2.32. The molecule has 3 N–H and O–H groups in total. The molecule has 0 spiro atoms. The maximum atomic E-state index is 12.0. The number of amides is 2.